The number of rotatable bonds is 7. The molecule has 2 nitrogen and oxygen atoms in total. The normalized spacial score (nSPS) is 26.2. The lowest BCUT2D eigenvalue weighted by Gasteiger charge is -2.29. The molecule has 4 unspecified atom stereocenters. The van der Waals surface area contributed by atoms with E-state index in [1.165, 1.54) is 6.42 Å². The van der Waals surface area contributed by atoms with Gasteiger partial charge in [0.15, 0.2) is 0 Å². The minimum absolute atomic E-state index is 0.00608. The summed E-state index contributed by atoms with van der Waals surface area (Å²) in [7, 11) is 0. The first-order valence-corrected chi connectivity index (χ1v) is 11.6. The van der Waals surface area contributed by atoms with E-state index < -0.39 is 0 Å². The maximum absolute atomic E-state index is 13.1. The zero-order chi connectivity index (χ0) is 20.2. The number of benzene rings is 1. The number of halogens is 1. The lowest BCUT2D eigenvalue weighted by atomic mass is 9.77. The highest BCUT2D eigenvalue weighted by molar-refractivity contribution is 14.1. The molecular weight excluding hydrogens is 447 g/mol. The minimum atomic E-state index is 0.00608. The van der Waals surface area contributed by atoms with Gasteiger partial charge in [0.25, 0.3) is 0 Å². The predicted molar refractivity (Wildman–Crippen MR) is 122 cm³/mol. The van der Waals surface area contributed by atoms with Crippen molar-refractivity contribution < 1.29 is 9.53 Å². The standard InChI is InChI=1S/C24H37IO2/c1-7-24(5,6)15-18-13-19(14-23(2,3)4)21(25)20(18)22(26)27-16-17-11-9-8-10-12-17/h8-12,18-21H,7,13-16H2,1-6H3. The monoisotopic (exact) mass is 484 g/mol. The number of carbonyl (C=O) groups excluding carboxylic acids is 1. The maximum Gasteiger partial charge on any atom is 0.310 e. The summed E-state index contributed by atoms with van der Waals surface area (Å²) in [5, 5.41) is 0. The number of hydrogen-bond acceptors (Lipinski definition) is 2. The first-order valence-electron chi connectivity index (χ1n) is 10.4. The van der Waals surface area contributed by atoms with Crippen LogP contribution in [0.3, 0.4) is 0 Å². The summed E-state index contributed by atoms with van der Waals surface area (Å²) in [5.41, 5.74) is 1.63. The Morgan fingerprint density at radius 2 is 1.70 bits per heavy atom. The van der Waals surface area contributed by atoms with Crippen molar-refractivity contribution in [3.8, 4) is 0 Å². The van der Waals surface area contributed by atoms with Gasteiger partial charge in [0.05, 0.1) is 5.92 Å². The van der Waals surface area contributed by atoms with Gasteiger partial charge in [-0.15, -0.1) is 0 Å². The highest BCUT2D eigenvalue weighted by Crippen LogP contribution is 2.50. The third kappa shape index (κ3) is 6.76. The Hall–Kier alpha value is -0.580. The van der Waals surface area contributed by atoms with Crippen molar-refractivity contribution >= 4 is 28.6 Å². The van der Waals surface area contributed by atoms with Crippen LogP contribution in [-0.4, -0.2) is 9.89 Å². The zero-order valence-corrected chi connectivity index (χ0v) is 20.1. The van der Waals surface area contributed by atoms with Crippen molar-refractivity contribution in [3.05, 3.63) is 35.9 Å². The van der Waals surface area contributed by atoms with Crippen LogP contribution in [0.25, 0.3) is 0 Å². The van der Waals surface area contributed by atoms with Gasteiger partial charge in [0.1, 0.15) is 6.61 Å². The zero-order valence-electron chi connectivity index (χ0n) is 17.9. The van der Waals surface area contributed by atoms with Crippen LogP contribution in [0.2, 0.25) is 0 Å². The number of hydrogen-bond donors (Lipinski definition) is 0. The van der Waals surface area contributed by atoms with E-state index in [1.54, 1.807) is 0 Å². The molecule has 0 heterocycles. The Morgan fingerprint density at radius 1 is 1.07 bits per heavy atom. The van der Waals surface area contributed by atoms with Gasteiger partial charge >= 0.3 is 5.97 Å². The van der Waals surface area contributed by atoms with E-state index in [0.29, 0.717) is 27.8 Å². The van der Waals surface area contributed by atoms with E-state index in [2.05, 4.69) is 64.1 Å². The molecule has 1 aromatic carbocycles. The number of alkyl halides is 1. The van der Waals surface area contributed by atoms with E-state index in [0.717, 1.165) is 24.8 Å². The average molecular weight is 484 g/mol. The average Bonchev–Trinajstić information content (AvgIpc) is 2.86. The van der Waals surface area contributed by atoms with Crippen molar-refractivity contribution in [1.29, 1.82) is 0 Å². The fraction of sp³-hybridized carbons (Fsp3) is 0.708. The quantitative estimate of drug-likeness (QED) is 0.236. The summed E-state index contributed by atoms with van der Waals surface area (Å²) in [6, 6.07) is 10.0. The third-order valence-corrected chi connectivity index (χ3v) is 7.84. The van der Waals surface area contributed by atoms with Gasteiger partial charge in [-0.3, -0.25) is 4.79 Å². The topological polar surface area (TPSA) is 26.3 Å². The number of esters is 1. The molecule has 27 heavy (non-hydrogen) atoms. The largest absolute Gasteiger partial charge is 0.461 e. The molecule has 1 aliphatic rings. The predicted octanol–water partition coefficient (Wildman–Crippen LogP) is 7.05. The molecule has 1 fully saturated rings. The molecule has 3 heteroatoms. The van der Waals surface area contributed by atoms with Crippen molar-refractivity contribution in [2.24, 2.45) is 28.6 Å². The second kappa shape index (κ2) is 9.28. The molecule has 0 amide bonds. The summed E-state index contributed by atoms with van der Waals surface area (Å²) in [6.45, 7) is 14.2. The third-order valence-electron chi connectivity index (χ3n) is 6.05. The Kier molecular flexibility index (Phi) is 7.80. The first-order chi connectivity index (χ1) is 12.5. The van der Waals surface area contributed by atoms with Gasteiger partial charge in [0, 0.05) is 3.92 Å². The SMILES string of the molecule is CCC(C)(C)CC1CC(CC(C)(C)C)C(I)C1C(=O)OCc1ccccc1. The number of ether oxygens (including phenoxy) is 1. The summed E-state index contributed by atoms with van der Waals surface area (Å²) < 4.78 is 6.16. The lowest BCUT2D eigenvalue weighted by molar-refractivity contribution is -0.151. The summed E-state index contributed by atoms with van der Waals surface area (Å²) in [6.07, 6.45) is 4.57. The van der Waals surface area contributed by atoms with Crippen molar-refractivity contribution in [2.75, 3.05) is 0 Å². The fourth-order valence-corrected chi connectivity index (χ4v) is 5.84. The minimum Gasteiger partial charge on any atom is -0.461 e. The van der Waals surface area contributed by atoms with Crippen LogP contribution in [0, 0.1) is 28.6 Å². The van der Waals surface area contributed by atoms with Crippen molar-refractivity contribution in [1.82, 2.24) is 0 Å². The Morgan fingerprint density at radius 3 is 2.26 bits per heavy atom. The van der Waals surface area contributed by atoms with E-state index in [-0.39, 0.29) is 17.3 Å². The molecule has 0 aromatic heterocycles. The molecule has 0 aliphatic heterocycles. The first kappa shape index (κ1) is 22.7. The van der Waals surface area contributed by atoms with E-state index in [9.17, 15) is 4.79 Å². The summed E-state index contributed by atoms with van der Waals surface area (Å²) in [4.78, 5) is 13.1. The second-order valence-electron chi connectivity index (χ2n) is 10.3. The fourth-order valence-electron chi connectivity index (χ4n) is 4.41. The molecule has 1 saturated carbocycles. The van der Waals surface area contributed by atoms with Gasteiger partial charge in [-0.2, -0.15) is 0 Å². The molecule has 4 atom stereocenters. The highest BCUT2D eigenvalue weighted by atomic mass is 127. The molecule has 2 rings (SSSR count). The smallest absolute Gasteiger partial charge is 0.310 e. The Bertz CT molecular complexity index is 603. The van der Waals surface area contributed by atoms with Crippen LogP contribution in [0.4, 0.5) is 0 Å². The summed E-state index contributed by atoms with van der Waals surface area (Å²) in [5.74, 6) is 1.05. The molecular formula is C24H37IO2. The summed E-state index contributed by atoms with van der Waals surface area (Å²) >= 11 is 2.54. The van der Waals surface area contributed by atoms with Crippen LogP contribution in [-0.2, 0) is 16.1 Å². The van der Waals surface area contributed by atoms with Crippen LogP contribution in [0.1, 0.15) is 72.8 Å². The molecule has 152 valence electrons. The molecule has 0 radical (unpaired) electrons. The van der Waals surface area contributed by atoms with Crippen molar-refractivity contribution in [2.45, 2.75) is 77.8 Å². The molecule has 0 spiro atoms. The van der Waals surface area contributed by atoms with Crippen LogP contribution < -0.4 is 0 Å². The van der Waals surface area contributed by atoms with Gasteiger partial charge < -0.3 is 4.74 Å². The molecule has 0 bridgehead atoms. The Balaban J connectivity index is 2.12. The maximum atomic E-state index is 13.1. The van der Waals surface area contributed by atoms with Gasteiger partial charge in [-0.25, -0.2) is 0 Å². The molecule has 1 aliphatic carbocycles. The Labute approximate surface area is 180 Å². The molecule has 0 saturated heterocycles. The van der Waals surface area contributed by atoms with Gasteiger partial charge in [0.2, 0.25) is 0 Å². The van der Waals surface area contributed by atoms with Gasteiger partial charge in [-0.1, -0.05) is 101 Å². The number of carbonyl (C=O) groups is 1. The van der Waals surface area contributed by atoms with Gasteiger partial charge in [-0.05, 0) is 47.5 Å². The molecule has 1 aromatic rings. The van der Waals surface area contributed by atoms with E-state index >= 15 is 0 Å². The van der Waals surface area contributed by atoms with Crippen molar-refractivity contribution in [3.63, 3.8) is 0 Å². The van der Waals surface area contributed by atoms with Crippen LogP contribution >= 0.6 is 22.6 Å². The molecule has 0 N–H and O–H groups in total. The van der Waals surface area contributed by atoms with E-state index in [4.69, 9.17) is 4.74 Å². The highest BCUT2D eigenvalue weighted by Gasteiger charge is 2.48. The lowest BCUT2D eigenvalue weighted by Crippen LogP contribution is -2.31. The van der Waals surface area contributed by atoms with E-state index in [1.807, 2.05) is 30.3 Å². The van der Waals surface area contributed by atoms with Crippen LogP contribution in [0.15, 0.2) is 30.3 Å². The van der Waals surface area contributed by atoms with Crippen LogP contribution in [0.5, 0.6) is 0 Å². The second-order valence-corrected chi connectivity index (χ2v) is 11.7.